The van der Waals surface area contributed by atoms with E-state index in [1.165, 1.54) is 16.0 Å². The standard InChI is InChI=1S/C17H19NOS2/c1-12-3-4-13(2)16(11-12)21-15-7-5-14(6-8-15)18-17(19)9-10-20/h3-8,11,20H,9-10H2,1-2H3,(H,18,19). The van der Waals surface area contributed by atoms with Crippen LogP contribution < -0.4 is 5.32 Å². The summed E-state index contributed by atoms with van der Waals surface area (Å²) >= 11 is 5.79. The van der Waals surface area contributed by atoms with Crippen LogP contribution in [0.3, 0.4) is 0 Å². The van der Waals surface area contributed by atoms with Crippen molar-refractivity contribution in [3.63, 3.8) is 0 Å². The highest BCUT2D eigenvalue weighted by Gasteiger charge is 2.04. The van der Waals surface area contributed by atoms with Crippen LogP contribution in [0.5, 0.6) is 0 Å². The first kappa shape index (κ1) is 16.0. The fourth-order valence-electron chi connectivity index (χ4n) is 1.88. The molecule has 0 bridgehead atoms. The van der Waals surface area contributed by atoms with Crippen molar-refractivity contribution in [3.05, 3.63) is 53.6 Å². The molecule has 2 nitrogen and oxygen atoms in total. The second-order valence-electron chi connectivity index (χ2n) is 4.92. The smallest absolute Gasteiger partial charge is 0.225 e. The Bertz CT molecular complexity index is 623. The third-order valence-corrected chi connectivity index (χ3v) is 4.44. The Morgan fingerprint density at radius 3 is 2.52 bits per heavy atom. The normalized spacial score (nSPS) is 10.4. The summed E-state index contributed by atoms with van der Waals surface area (Å²) in [6.45, 7) is 4.22. The van der Waals surface area contributed by atoms with Gasteiger partial charge in [-0.1, -0.05) is 23.9 Å². The van der Waals surface area contributed by atoms with Gasteiger partial charge in [-0.3, -0.25) is 4.79 Å². The molecule has 21 heavy (non-hydrogen) atoms. The van der Waals surface area contributed by atoms with E-state index in [1.54, 1.807) is 11.8 Å². The van der Waals surface area contributed by atoms with Gasteiger partial charge in [0.25, 0.3) is 0 Å². The number of anilines is 1. The highest BCUT2D eigenvalue weighted by atomic mass is 32.2. The molecule has 0 heterocycles. The largest absolute Gasteiger partial charge is 0.326 e. The van der Waals surface area contributed by atoms with E-state index in [4.69, 9.17) is 0 Å². The van der Waals surface area contributed by atoms with E-state index < -0.39 is 0 Å². The number of hydrogen-bond donors (Lipinski definition) is 2. The number of benzene rings is 2. The maximum absolute atomic E-state index is 11.5. The molecule has 110 valence electrons. The van der Waals surface area contributed by atoms with Gasteiger partial charge < -0.3 is 5.32 Å². The second kappa shape index (κ2) is 7.57. The molecular weight excluding hydrogens is 298 g/mol. The van der Waals surface area contributed by atoms with Crippen LogP contribution in [0.25, 0.3) is 0 Å². The zero-order chi connectivity index (χ0) is 15.2. The maximum atomic E-state index is 11.5. The molecule has 0 radical (unpaired) electrons. The van der Waals surface area contributed by atoms with Gasteiger partial charge in [0, 0.05) is 21.9 Å². The van der Waals surface area contributed by atoms with E-state index >= 15 is 0 Å². The van der Waals surface area contributed by atoms with Gasteiger partial charge in [0.05, 0.1) is 0 Å². The summed E-state index contributed by atoms with van der Waals surface area (Å²) in [4.78, 5) is 13.9. The van der Waals surface area contributed by atoms with Gasteiger partial charge >= 0.3 is 0 Å². The number of carbonyl (C=O) groups excluding carboxylic acids is 1. The van der Waals surface area contributed by atoms with Crippen molar-refractivity contribution in [2.24, 2.45) is 0 Å². The zero-order valence-corrected chi connectivity index (χ0v) is 13.9. The van der Waals surface area contributed by atoms with E-state index in [2.05, 4.69) is 50.0 Å². The summed E-state index contributed by atoms with van der Waals surface area (Å²) in [6.07, 6.45) is 0.433. The SMILES string of the molecule is Cc1ccc(C)c(Sc2ccc(NC(=O)CCS)cc2)c1. The van der Waals surface area contributed by atoms with E-state index in [-0.39, 0.29) is 5.91 Å². The van der Waals surface area contributed by atoms with Gasteiger partial charge in [0.15, 0.2) is 0 Å². The minimum absolute atomic E-state index is 0.0000633. The molecule has 0 saturated heterocycles. The van der Waals surface area contributed by atoms with Crippen molar-refractivity contribution in [1.29, 1.82) is 0 Å². The van der Waals surface area contributed by atoms with E-state index in [0.29, 0.717) is 12.2 Å². The number of nitrogens with one attached hydrogen (secondary N) is 1. The average Bonchev–Trinajstić information content (AvgIpc) is 2.45. The molecule has 0 spiro atoms. The molecule has 0 aliphatic rings. The lowest BCUT2D eigenvalue weighted by Crippen LogP contribution is -2.11. The first-order chi connectivity index (χ1) is 10.1. The summed E-state index contributed by atoms with van der Waals surface area (Å²) in [7, 11) is 0. The molecule has 0 aliphatic carbocycles. The van der Waals surface area contributed by atoms with Crippen LogP contribution in [0.2, 0.25) is 0 Å². The van der Waals surface area contributed by atoms with Crippen molar-refractivity contribution in [2.45, 2.75) is 30.1 Å². The molecule has 1 amide bonds. The number of thiol groups is 1. The van der Waals surface area contributed by atoms with Gasteiger partial charge in [-0.25, -0.2) is 0 Å². The molecule has 0 aliphatic heterocycles. The zero-order valence-electron chi connectivity index (χ0n) is 12.2. The van der Waals surface area contributed by atoms with Crippen molar-refractivity contribution in [2.75, 3.05) is 11.1 Å². The lowest BCUT2D eigenvalue weighted by molar-refractivity contribution is -0.115. The second-order valence-corrected chi connectivity index (χ2v) is 6.48. The van der Waals surface area contributed by atoms with Crippen LogP contribution in [0.15, 0.2) is 52.3 Å². The van der Waals surface area contributed by atoms with Crippen molar-refractivity contribution < 1.29 is 4.79 Å². The summed E-state index contributed by atoms with van der Waals surface area (Å²) in [5.41, 5.74) is 3.36. The van der Waals surface area contributed by atoms with Crippen molar-refractivity contribution >= 4 is 36.0 Å². The highest BCUT2D eigenvalue weighted by molar-refractivity contribution is 7.99. The Morgan fingerprint density at radius 2 is 1.86 bits per heavy atom. The fraction of sp³-hybridized carbons (Fsp3) is 0.235. The third kappa shape index (κ3) is 4.83. The highest BCUT2D eigenvalue weighted by Crippen LogP contribution is 2.31. The average molecular weight is 317 g/mol. The quantitative estimate of drug-likeness (QED) is 0.782. The molecular formula is C17H19NOS2. The molecule has 0 unspecified atom stereocenters. The third-order valence-electron chi connectivity index (χ3n) is 3.05. The summed E-state index contributed by atoms with van der Waals surface area (Å²) in [5.74, 6) is 0.562. The summed E-state index contributed by atoms with van der Waals surface area (Å²) < 4.78 is 0. The minimum Gasteiger partial charge on any atom is -0.326 e. The first-order valence-electron chi connectivity index (χ1n) is 6.84. The van der Waals surface area contributed by atoms with E-state index in [1.807, 2.05) is 24.3 Å². The van der Waals surface area contributed by atoms with E-state index in [0.717, 1.165) is 10.6 Å². The number of hydrogen-bond acceptors (Lipinski definition) is 3. The molecule has 0 aromatic heterocycles. The number of amides is 1. The monoisotopic (exact) mass is 317 g/mol. The molecule has 2 rings (SSSR count). The topological polar surface area (TPSA) is 29.1 Å². The van der Waals surface area contributed by atoms with E-state index in [9.17, 15) is 4.79 Å². The molecule has 1 N–H and O–H groups in total. The maximum Gasteiger partial charge on any atom is 0.225 e. The molecule has 0 saturated carbocycles. The molecule has 2 aromatic carbocycles. The van der Waals surface area contributed by atoms with Crippen molar-refractivity contribution in [1.82, 2.24) is 0 Å². The van der Waals surface area contributed by atoms with Crippen LogP contribution in [0, 0.1) is 13.8 Å². The van der Waals surface area contributed by atoms with Crippen LogP contribution in [0.4, 0.5) is 5.69 Å². The van der Waals surface area contributed by atoms with Gasteiger partial charge in [0.2, 0.25) is 5.91 Å². The fourth-order valence-corrected chi connectivity index (χ4v) is 3.08. The van der Waals surface area contributed by atoms with Gasteiger partial charge in [0.1, 0.15) is 0 Å². The Morgan fingerprint density at radius 1 is 1.14 bits per heavy atom. The number of carbonyl (C=O) groups is 1. The molecule has 0 fully saturated rings. The van der Waals surface area contributed by atoms with Gasteiger partial charge in [-0.15, -0.1) is 0 Å². The van der Waals surface area contributed by atoms with Crippen LogP contribution in [-0.4, -0.2) is 11.7 Å². The Labute approximate surface area is 135 Å². The Hall–Kier alpha value is -1.39. The molecule has 2 aromatic rings. The molecule has 0 atom stereocenters. The lowest BCUT2D eigenvalue weighted by atomic mass is 10.2. The first-order valence-corrected chi connectivity index (χ1v) is 8.29. The van der Waals surface area contributed by atoms with Gasteiger partial charge in [-0.2, -0.15) is 12.6 Å². The van der Waals surface area contributed by atoms with Crippen LogP contribution in [0.1, 0.15) is 17.5 Å². The summed E-state index contributed by atoms with van der Waals surface area (Å²) in [5, 5.41) is 2.86. The number of aryl methyl sites for hydroxylation is 2. The minimum atomic E-state index is -0.0000633. The van der Waals surface area contributed by atoms with Crippen LogP contribution in [-0.2, 0) is 4.79 Å². The lowest BCUT2D eigenvalue weighted by Gasteiger charge is -2.08. The Kier molecular flexibility index (Phi) is 5.76. The van der Waals surface area contributed by atoms with Gasteiger partial charge in [-0.05, 0) is 61.1 Å². The van der Waals surface area contributed by atoms with Crippen molar-refractivity contribution in [3.8, 4) is 0 Å². The summed E-state index contributed by atoms with van der Waals surface area (Å²) in [6, 6.07) is 14.4. The number of rotatable bonds is 5. The predicted molar refractivity (Wildman–Crippen MR) is 93.6 cm³/mol. The Balaban J connectivity index is 2.05. The molecule has 4 heteroatoms. The van der Waals surface area contributed by atoms with Crippen LogP contribution >= 0.6 is 24.4 Å². The predicted octanol–water partition coefficient (Wildman–Crippen LogP) is 4.71.